The first-order valence-corrected chi connectivity index (χ1v) is 6.27. The third-order valence-electron chi connectivity index (χ3n) is 3.08. The van der Waals surface area contributed by atoms with Gasteiger partial charge in [0.1, 0.15) is 6.10 Å². The second kappa shape index (κ2) is 5.72. The molecule has 4 nitrogen and oxygen atoms in total. The summed E-state index contributed by atoms with van der Waals surface area (Å²) >= 11 is 0. The Morgan fingerprint density at radius 3 is 3.00 bits per heavy atom. The zero-order chi connectivity index (χ0) is 13.0. The predicted molar refractivity (Wildman–Crippen MR) is 64.3 cm³/mol. The molecule has 0 N–H and O–H groups in total. The number of rotatable bonds is 3. The molecule has 96 valence electrons. The summed E-state index contributed by atoms with van der Waals surface area (Å²) in [6.07, 6.45) is 5.68. The van der Waals surface area contributed by atoms with Crippen LogP contribution < -0.4 is 0 Å². The Morgan fingerprint density at radius 1 is 1.39 bits per heavy atom. The number of cyclic esters (lactones) is 1. The van der Waals surface area contributed by atoms with Crippen LogP contribution in [0.4, 0.5) is 0 Å². The molecule has 4 heteroatoms. The number of allylic oxidation sites excluding steroid dienone is 1. The van der Waals surface area contributed by atoms with E-state index in [0.717, 1.165) is 19.3 Å². The van der Waals surface area contributed by atoms with Crippen molar-refractivity contribution < 1.29 is 19.1 Å². The molecule has 0 unspecified atom stereocenters. The van der Waals surface area contributed by atoms with Gasteiger partial charge in [-0.2, -0.15) is 0 Å². The highest BCUT2D eigenvalue weighted by molar-refractivity contribution is 5.86. The molecule has 2 heterocycles. The maximum absolute atomic E-state index is 11.4. The minimum absolute atomic E-state index is 0.182. The van der Waals surface area contributed by atoms with E-state index in [9.17, 15) is 9.59 Å². The third-order valence-corrected chi connectivity index (χ3v) is 3.08. The Balaban J connectivity index is 1.89. The summed E-state index contributed by atoms with van der Waals surface area (Å²) < 4.78 is 10.0. The number of carbonyl (C=O) groups is 2. The minimum Gasteiger partial charge on any atom is -0.455 e. The second-order valence-electron chi connectivity index (χ2n) is 4.46. The molecule has 18 heavy (non-hydrogen) atoms. The fraction of sp³-hybridized carbons (Fsp3) is 0.571. The van der Waals surface area contributed by atoms with Gasteiger partial charge >= 0.3 is 11.9 Å². The van der Waals surface area contributed by atoms with Gasteiger partial charge in [-0.3, -0.25) is 4.79 Å². The maximum Gasteiger partial charge on any atom is 0.348 e. The standard InChI is InChI=1S/C14H16O4/c1-2-3-4-5-6-7-8-11-10-9-12(15)18-13(10)14(16)17-11/h7-8,10-11,13H,2-4,9H2,1H3/b8-7+/t10-,11-,13-/m1/s1. The van der Waals surface area contributed by atoms with Crippen molar-refractivity contribution in [3.8, 4) is 11.8 Å². The van der Waals surface area contributed by atoms with Crippen LogP contribution in [0.15, 0.2) is 12.2 Å². The van der Waals surface area contributed by atoms with Crippen LogP contribution in [0.2, 0.25) is 0 Å². The molecular formula is C14H16O4. The van der Waals surface area contributed by atoms with Gasteiger partial charge < -0.3 is 9.47 Å². The molecule has 0 amide bonds. The van der Waals surface area contributed by atoms with Crippen molar-refractivity contribution in [2.24, 2.45) is 5.92 Å². The van der Waals surface area contributed by atoms with E-state index in [4.69, 9.17) is 9.47 Å². The molecule has 0 aromatic carbocycles. The van der Waals surface area contributed by atoms with Crippen LogP contribution in [-0.4, -0.2) is 24.1 Å². The van der Waals surface area contributed by atoms with Crippen molar-refractivity contribution in [2.75, 3.05) is 0 Å². The van der Waals surface area contributed by atoms with Gasteiger partial charge in [0.15, 0.2) is 0 Å². The normalized spacial score (nSPS) is 29.7. The van der Waals surface area contributed by atoms with Crippen LogP contribution in [0.25, 0.3) is 0 Å². The van der Waals surface area contributed by atoms with Gasteiger partial charge in [-0.25, -0.2) is 4.79 Å². The first-order chi connectivity index (χ1) is 8.72. The van der Waals surface area contributed by atoms with Gasteiger partial charge in [0.25, 0.3) is 0 Å². The molecule has 2 saturated heterocycles. The average Bonchev–Trinajstić information content (AvgIpc) is 2.85. The van der Waals surface area contributed by atoms with Crippen LogP contribution in [-0.2, 0) is 19.1 Å². The van der Waals surface area contributed by atoms with E-state index < -0.39 is 12.1 Å². The topological polar surface area (TPSA) is 52.6 Å². The molecule has 2 fully saturated rings. The molecule has 0 aromatic heterocycles. The van der Waals surface area contributed by atoms with Crippen molar-refractivity contribution in [2.45, 2.75) is 44.8 Å². The number of carbonyl (C=O) groups excluding carboxylic acids is 2. The molecule has 0 saturated carbocycles. The van der Waals surface area contributed by atoms with Crippen molar-refractivity contribution >= 4 is 11.9 Å². The summed E-state index contributed by atoms with van der Waals surface area (Å²) in [4.78, 5) is 22.5. The van der Waals surface area contributed by atoms with Crippen molar-refractivity contribution in [1.29, 1.82) is 0 Å². The summed E-state index contributed by atoms with van der Waals surface area (Å²) in [6, 6.07) is 0. The minimum atomic E-state index is -0.708. The van der Waals surface area contributed by atoms with Crippen LogP contribution >= 0.6 is 0 Å². The summed E-state index contributed by atoms with van der Waals surface area (Å²) in [5, 5.41) is 0. The molecule has 0 radical (unpaired) electrons. The zero-order valence-corrected chi connectivity index (χ0v) is 10.3. The Bertz CT molecular complexity index is 427. The first-order valence-electron chi connectivity index (χ1n) is 6.27. The lowest BCUT2D eigenvalue weighted by atomic mass is 9.97. The van der Waals surface area contributed by atoms with E-state index in [1.807, 2.05) is 0 Å². The second-order valence-corrected chi connectivity index (χ2v) is 4.46. The fourth-order valence-corrected chi connectivity index (χ4v) is 2.10. The van der Waals surface area contributed by atoms with Crippen LogP contribution in [0, 0.1) is 17.8 Å². The van der Waals surface area contributed by atoms with Crippen LogP contribution in [0.5, 0.6) is 0 Å². The third kappa shape index (κ3) is 2.73. The molecule has 0 aliphatic carbocycles. The number of fused-ring (bicyclic) bond motifs is 1. The summed E-state index contributed by atoms with van der Waals surface area (Å²) in [6.45, 7) is 2.12. The van der Waals surface area contributed by atoms with Gasteiger partial charge in [-0.15, -0.1) is 0 Å². The van der Waals surface area contributed by atoms with E-state index >= 15 is 0 Å². The zero-order valence-electron chi connectivity index (χ0n) is 10.3. The lowest BCUT2D eigenvalue weighted by molar-refractivity contribution is -0.157. The van der Waals surface area contributed by atoms with Crippen molar-refractivity contribution in [1.82, 2.24) is 0 Å². The molecule has 0 spiro atoms. The van der Waals surface area contributed by atoms with Crippen molar-refractivity contribution in [3.63, 3.8) is 0 Å². The summed E-state index contributed by atoms with van der Waals surface area (Å²) in [7, 11) is 0. The molecule has 0 bridgehead atoms. The van der Waals surface area contributed by atoms with Crippen LogP contribution in [0.3, 0.4) is 0 Å². The Hall–Kier alpha value is -1.76. The van der Waals surface area contributed by atoms with E-state index in [-0.39, 0.29) is 24.4 Å². The highest BCUT2D eigenvalue weighted by Gasteiger charge is 2.51. The van der Waals surface area contributed by atoms with E-state index in [1.165, 1.54) is 0 Å². The van der Waals surface area contributed by atoms with E-state index in [0.29, 0.717) is 0 Å². The highest BCUT2D eigenvalue weighted by atomic mass is 16.6. The molecule has 2 aliphatic rings. The van der Waals surface area contributed by atoms with Gasteiger partial charge in [-0.05, 0) is 18.6 Å². The summed E-state index contributed by atoms with van der Waals surface area (Å²) in [5.74, 6) is 4.97. The smallest absolute Gasteiger partial charge is 0.348 e. The van der Waals surface area contributed by atoms with Crippen LogP contribution in [0.1, 0.15) is 32.6 Å². The molecule has 2 rings (SSSR count). The fourth-order valence-electron chi connectivity index (χ4n) is 2.10. The lowest BCUT2D eigenvalue weighted by Gasteiger charge is -2.06. The SMILES string of the molecule is CCCCC#C/C=C/[C@H]1OC(=O)[C@@H]2OC(=O)C[C@H]12. The molecule has 0 aromatic rings. The first kappa shape index (κ1) is 12.7. The number of esters is 2. The molecular weight excluding hydrogens is 232 g/mol. The van der Waals surface area contributed by atoms with Gasteiger partial charge in [-0.1, -0.05) is 25.2 Å². The number of ether oxygens (including phenoxy) is 2. The Morgan fingerprint density at radius 2 is 2.22 bits per heavy atom. The lowest BCUT2D eigenvalue weighted by Crippen LogP contribution is -2.19. The van der Waals surface area contributed by atoms with E-state index in [2.05, 4.69) is 18.8 Å². The quantitative estimate of drug-likeness (QED) is 0.432. The average molecular weight is 248 g/mol. The molecule has 2 aliphatic heterocycles. The predicted octanol–water partition coefficient (Wildman–Crippen LogP) is 1.59. The number of unbranched alkanes of at least 4 members (excludes halogenated alkanes) is 2. The maximum atomic E-state index is 11.4. The molecule has 3 atom stereocenters. The Kier molecular flexibility index (Phi) is 4.03. The summed E-state index contributed by atoms with van der Waals surface area (Å²) in [5.41, 5.74) is 0. The largest absolute Gasteiger partial charge is 0.455 e. The number of hydrogen-bond acceptors (Lipinski definition) is 4. The number of hydrogen-bond donors (Lipinski definition) is 0. The highest BCUT2D eigenvalue weighted by Crippen LogP contribution is 2.34. The van der Waals surface area contributed by atoms with Crippen molar-refractivity contribution in [3.05, 3.63) is 12.2 Å². The Labute approximate surface area is 106 Å². The van der Waals surface area contributed by atoms with E-state index in [1.54, 1.807) is 12.2 Å². The monoisotopic (exact) mass is 248 g/mol. The van der Waals surface area contributed by atoms with Gasteiger partial charge in [0.2, 0.25) is 6.10 Å². The van der Waals surface area contributed by atoms with Gasteiger partial charge in [0, 0.05) is 6.42 Å². The van der Waals surface area contributed by atoms with Gasteiger partial charge in [0.05, 0.1) is 12.3 Å².